The molecule has 1 N–H and O–H groups in total. The summed E-state index contributed by atoms with van der Waals surface area (Å²) in [4.78, 5) is 5.40. The van der Waals surface area contributed by atoms with E-state index in [0.717, 1.165) is 11.6 Å². The van der Waals surface area contributed by atoms with Gasteiger partial charge in [-0.15, -0.1) is 0 Å². The molecule has 2 rings (SSSR count). The Kier molecular flexibility index (Phi) is 5.41. The first-order valence-electron chi connectivity index (χ1n) is 7.24. The molecule has 0 aliphatic heterocycles. The van der Waals surface area contributed by atoms with Gasteiger partial charge in [-0.3, -0.25) is 4.68 Å². The molecule has 24 heavy (non-hydrogen) atoms. The number of aromatic nitrogens is 3. The summed E-state index contributed by atoms with van der Waals surface area (Å²) in [6.07, 6.45) is -1.19. The first-order valence-corrected chi connectivity index (χ1v) is 7.24. The van der Waals surface area contributed by atoms with Crippen molar-refractivity contribution in [3.05, 3.63) is 41.3 Å². The van der Waals surface area contributed by atoms with Gasteiger partial charge in [-0.1, -0.05) is 0 Å². The topological polar surface area (TPSA) is 78.0 Å². The van der Waals surface area contributed by atoms with Gasteiger partial charge in [0.1, 0.15) is 11.9 Å². The second-order valence-corrected chi connectivity index (χ2v) is 5.02. The molecular weight excluding hydrogens is 323 g/mol. The van der Waals surface area contributed by atoms with E-state index in [2.05, 4.69) is 10.1 Å². The van der Waals surface area contributed by atoms with Gasteiger partial charge in [-0.05, 0) is 19.1 Å². The highest BCUT2D eigenvalue weighted by atomic mass is 19.4. The molecule has 2 aromatic heterocycles. The highest BCUT2D eigenvalue weighted by Crippen LogP contribution is 2.32. The predicted octanol–water partition coefficient (Wildman–Crippen LogP) is 2.19. The maximum absolute atomic E-state index is 12.8. The Balaban J connectivity index is 2.32. The lowest BCUT2D eigenvalue weighted by molar-refractivity contribution is -0.138. The molecule has 0 unspecified atom stereocenters. The van der Waals surface area contributed by atoms with Crippen molar-refractivity contribution in [2.24, 2.45) is 0 Å². The lowest BCUT2D eigenvalue weighted by Gasteiger charge is -2.23. The normalized spacial score (nSPS) is 11.3. The molecule has 0 aliphatic rings. The molecule has 0 bridgehead atoms. The quantitative estimate of drug-likeness (QED) is 0.873. The Morgan fingerprint density at radius 2 is 2.12 bits per heavy atom. The second-order valence-electron chi connectivity index (χ2n) is 5.02. The summed E-state index contributed by atoms with van der Waals surface area (Å²) < 4.78 is 40.3. The van der Waals surface area contributed by atoms with Gasteiger partial charge in [0, 0.05) is 31.4 Å². The molecule has 0 radical (unpaired) electrons. The van der Waals surface area contributed by atoms with E-state index in [9.17, 15) is 18.3 Å². The minimum absolute atomic E-state index is 0.167. The third-order valence-electron chi connectivity index (χ3n) is 3.37. The number of hydrogen-bond donors (Lipinski definition) is 1. The van der Waals surface area contributed by atoms with Gasteiger partial charge in [0.15, 0.2) is 5.69 Å². The van der Waals surface area contributed by atoms with Gasteiger partial charge in [-0.25, -0.2) is 4.98 Å². The number of aliphatic hydroxyl groups excluding tert-OH is 1. The van der Waals surface area contributed by atoms with E-state index < -0.39 is 17.4 Å². The molecule has 0 saturated heterocycles. The fraction of sp³-hybridized carbons (Fsp3) is 0.400. The van der Waals surface area contributed by atoms with Gasteiger partial charge in [0.2, 0.25) is 0 Å². The summed E-state index contributed by atoms with van der Waals surface area (Å²) in [6.45, 7) is 2.90. The lowest BCUT2D eigenvalue weighted by atomic mass is 10.2. The zero-order valence-corrected chi connectivity index (χ0v) is 13.0. The maximum Gasteiger partial charge on any atom is 0.419 e. The summed E-state index contributed by atoms with van der Waals surface area (Å²) in [5, 5.41) is 22.3. The summed E-state index contributed by atoms with van der Waals surface area (Å²) in [7, 11) is 0. The Morgan fingerprint density at radius 3 is 2.67 bits per heavy atom. The average Bonchev–Trinajstić information content (AvgIpc) is 3.00. The highest BCUT2D eigenvalue weighted by Gasteiger charge is 2.34. The fourth-order valence-corrected chi connectivity index (χ4v) is 2.22. The minimum Gasteiger partial charge on any atom is -0.395 e. The Bertz CT molecular complexity index is 735. The molecule has 0 fully saturated rings. The number of rotatable bonds is 6. The molecule has 0 aliphatic carbocycles. The van der Waals surface area contributed by atoms with Crippen molar-refractivity contribution in [3.63, 3.8) is 0 Å². The van der Waals surface area contributed by atoms with Crippen molar-refractivity contribution in [2.75, 3.05) is 18.1 Å². The van der Waals surface area contributed by atoms with Gasteiger partial charge < -0.3 is 10.0 Å². The Hall–Kier alpha value is -2.60. The smallest absolute Gasteiger partial charge is 0.395 e. The largest absolute Gasteiger partial charge is 0.419 e. The molecule has 128 valence electrons. The lowest BCUT2D eigenvalue weighted by Crippen LogP contribution is -2.27. The third-order valence-corrected chi connectivity index (χ3v) is 3.37. The van der Waals surface area contributed by atoms with E-state index >= 15 is 0 Å². The van der Waals surface area contributed by atoms with Crippen LogP contribution in [0.15, 0.2) is 24.5 Å². The molecular formula is C15H16F3N5O. The van der Waals surface area contributed by atoms with Crippen molar-refractivity contribution >= 4 is 5.82 Å². The SMILES string of the molecule is CCn1cc(CN(CCO)c2ccc(C(F)(F)F)c(C#N)n2)cn1. The zero-order chi connectivity index (χ0) is 17.7. The van der Waals surface area contributed by atoms with Crippen LogP contribution in [0.5, 0.6) is 0 Å². The molecule has 9 heteroatoms. The number of nitriles is 1. The van der Waals surface area contributed by atoms with Crippen molar-refractivity contribution in [1.82, 2.24) is 14.8 Å². The van der Waals surface area contributed by atoms with Crippen LogP contribution in [0.1, 0.15) is 23.7 Å². The number of aliphatic hydroxyl groups is 1. The summed E-state index contributed by atoms with van der Waals surface area (Å²) >= 11 is 0. The summed E-state index contributed by atoms with van der Waals surface area (Å²) in [6, 6.07) is 3.51. The number of alkyl halides is 3. The van der Waals surface area contributed by atoms with E-state index in [1.54, 1.807) is 22.0 Å². The van der Waals surface area contributed by atoms with Gasteiger partial charge in [0.25, 0.3) is 0 Å². The number of hydrogen-bond acceptors (Lipinski definition) is 5. The van der Waals surface area contributed by atoms with E-state index in [0.29, 0.717) is 13.1 Å². The van der Waals surface area contributed by atoms with Gasteiger partial charge in [-0.2, -0.15) is 23.5 Å². The molecule has 0 atom stereocenters. The number of anilines is 1. The van der Waals surface area contributed by atoms with Gasteiger partial charge in [0.05, 0.1) is 18.4 Å². The molecule has 0 amide bonds. The monoisotopic (exact) mass is 339 g/mol. The fourth-order valence-electron chi connectivity index (χ4n) is 2.22. The van der Waals surface area contributed by atoms with Crippen molar-refractivity contribution < 1.29 is 18.3 Å². The van der Waals surface area contributed by atoms with E-state index in [-0.39, 0.29) is 19.0 Å². The van der Waals surface area contributed by atoms with E-state index in [1.165, 1.54) is 12.1 Å². The predicted molar refractivity (Wildman–Crippen MR) is 80.0 cm³/mol. The molecule has 0 saturated carbocycles. The van der Waals surface area contributed by atoms with Crippen LogP contribution in [0.2, 0.25) is 0 Å². The number of aryl methyl sites for hydroxylation is 1. The third kappa shape index (κ3) is 4.02. The second kappa shape index (κ2) is 7.31. The van der Waals surface area contributed by atoms with Crippen LogP contribution in [0.25, 0.3) is 0 Å². The molecule has 0 spiro atoms. The van der Waals surface area contributed by atoms with Crippen molar-refractivity contribution in [1.29, 1.82) is 5.26 Å². The van der Waals surface area contributed by atoms with E-state index in [1.807, 2.05) is 6.92 Å². The van der Waals surface area contributed by atoms with Crippen LogP contribution in [0.3, 0.4) is 0 Å². The van der Waals surface area contributed by atoms with Crippen LogP contribution in [-0.4, -0.2) is 33.0 Å². The van der Waals surface area contributed by atoms with E-state index in [4.69, 9.17) is 5.26 Å². The van der Waals surface area contributed by atoms with Gasteiger partial charge >= 0.3 is 6.18 Å². The molecule has 6 nitrogen and oxygen atoms in total. The first kappa shape index (κ1) is 17.7. The van der Waals surface area contributed by atoms with Crippen LogP contribution in [0.4, 0.5) is 19.0 Å². The minimum atomic E-state index is -4.64. The number of halogens is 3. The number of nitrogens with zero attached hydrogens (tertiary/aromatic N) is 5. The Labute approximate surface area is 136 Å². The first-order chi connectivity index (χ1) is 11.4. The van der Waals surface area contributed by atoms with Crippen LogP contribution < -0.4 is 4.90 Å². The van der Waals surface area contributed by atoms with Crippen molar-refractivity contribution in [2.45, 2.75) is 26.2 Å². The number of pyridine rings is 1. The highest BCUT2D eigenvalue weighted by molar-refractivity contribution is 5.46. The average molecular weight is 339 g/mol. The van der Waals surface area contributed by atoms with Crippen LogP contribution in [-0.2, 0) is 19.3 Å². The molecule has 0 aromatic carbocycles. The maximum atomic E-state index is 12.8. The van der Waals surface area contributed by atoms with Crippen molar-refractivity contribution in [3.8, 4) is 6.07 Å². The zero-order valence-electron chi connectivity index (χ0n) is 13.0. The Morgan fingerprint density at radius 1 is 1.38 bits per heavy atom. The standard InChI is InChI=1S/C15H16F3N5O/c1-2-23-10-11(8-20-23)9-22(5-6-24)14-4-3-12(15(16,17)18)13(7-19)21-14/h3-4,8,10,24H,2,5-6,9H2,1H3. The molecule has 2 aromatic rings. The summed E-state index contributed by atoms with van der Waals surface area (Å²) in [5.74, 6) is 0.192. The molecule has 2 heterocycles. The summed E-state index contributed by atoms with van der Waals surface area (Å²) in [5.41, 5.74) is -0.936. The van der Waals surface area contributed by atoms with Crippen LogP contribution >= 0.6 is 0 Å². The van der Waals surface area contributed by atoms with Crippen LogP contribution in [0, 0.1) is 11.3 Å².